The van der Waals surface area contributed by atoms with E-state index in [1.54, 1.807) is 0 Å². The summed E-state index contributed by atoms with van der Waals surface area (Å²) in [5.74, 6) is 0.886. The molecule has 1 aliphatic heterocycles. The van der Waals surface area contributed by atoms with Crippen LogP contribution in [0.5, 0.6) is 0 Å². The average Bonchev–Trinajstić information content (AvgIpc) is 2.67. The molecule has 0 aromatic heterocycles. The fraction of sp³-hybridized carbons (Fsp3) is 0.667. The number of nitrogens with zero attached hydrogens (tertiary/aromatic N) is 2. The van der Waals surface area contributed by atoms with E-state index < -0.39 is 0 Å². The Kier molecular flexibility index (Phi) is 10.1. The van der Waals surface area contributed by atoms with Crippen molar-refractivity contribution in [1.29, 1.82) is 0 Å². The summed E-state index contributed by atoms with van der Waals surface area (Å²) >= 11 is 0. The summed E-state index contributed by atoms with van der Waals surface area (Å²) in [5.41, 5.74) is 2.73. The van der Waals surface area contributed by atoms with Crippen molar-refractivity contribution in [3.8, 4) is 0 Å². The Hall–Kier alpha value is -1.59. The van der Waals surface area contributed by atoms with Gasteiger partial charge in [-0.25, -0.2) is 4.99 Å². The van der Waals surface area contributed by atoms with Crippen LogP contribution < -0.4 is 10.6 Å². The zero-order valence-corrected chi connectivity index (χ0v) is 16.6. The monoisotopic (exact) mass is 360 g/mol. The number of ether oxygens (including phenoxy) is 1. The van der Waals surface area contributed by atoms with Gasteiger partial charge in [0.1, 0.15) is 0 Å². The van der Waals surface area contributed by atoms with Crippen molar-refractivity contribution < 1.29 is 4.74 Å². The third kappa shape index (κ3) is 7.75. The van der Waals surface area contributed by atoms with Gasteiger partial charge in [-0.2, -0.15) is 0 Å². The number of benzene rings is 1. The molecule has 5 nitrogen and oxygen atoms in total. The highest BCUT2D eigenvalue weighted by Crippen LogP contribution is 2.16. The van der Waals surface area contributed by atoms with E-state index in [0.29, 0.717) is 6.54 Å². The highest BCUT2D eigenvalue weighted by atomic mass is 16.5. The lowest BCUT2D eigenvalue weighted by Crippen LogP contribution is -2.38. The van der Waals surface area contributed by atoms with Crippen LogP contribution in [0.2, 0.25) is 0 Å². The minimum atomic E-state index is 0.713. The molecule has 1 saturated heterocycles. The molecule has 2 N–H and O–H groups in total. The molecule has 1 aliphatic rings. The van der Waals surface area contributed by atoms with Crippen molar-refractivity contribution in [1.82, 2.24) is 15.5 Å². The van der Waals surface area contributed by atoms with Crippen molar-refractivity contribution in [3.05, 3.63) is 35.4 Å². The Labute approximate surface area is 159 Å². The number of hydrogen-bond donors (Lipinski definition) is 2. The average molecular weight is 361 g/mol. The molecule has 146 valence electrons. The number of likely N-dealkylation sites (tertiary alicyclic amines) is 1. The number of nitrogens with one attached hydrogen (secondary N) is 2. The molecule has 0 amide bonds. The Balaban J connectivity index is 1.90. The van der Waals surface area contributed by atoms with Crippen LogP contribution >= 0.6 is 0 Å². The van der Waals surface area contributed by atoms with Crippen LogP contribution in [0.1, 0.15) is 50.7 Å². The number of hydrogen-bond acceptors (Lipinski definition) is 3. The van der Waals surface area contributed by atoms with Crippen LogP contribution in [-0.4, -0.2) is 50.3 Å². The molecule has 2 rings (SSSR count). The number of aliphatic imine (C=N–C) groups is 1. The molecule has 5 heteroatoms. The molecule has 0 unspecified atom stereocenters. The molecule has 0 saturated carbocycles. The third-order valence-corrected chi connectivity index (χ3v) is 4.67. The van der Waals surface area contributed by atoms with Gasteiger partial charge in [-0.05, 0) is 57.3 Å². The predicted octanol–water partition coefficient (Wildman–Crippen LogP) is 3.15. The van der Waals surface area contributed by atoms with Gasteiger partial charge in [-0.15, -0.1) is 0 Å². The Morgan fingerprint density at radius 3 is 2.58 bits per heavy atom. The van der Waals surface area contributed by atoms with Crippen molar-refractivity contribution in [3.63, 3.8) is 0 Å². The summed E-state index contributed by atoms with van der Waals surface area (Å²) in [6, 6.07) is 8.72. The lowest BCUT2D eigenvalue weighted by molar-refractivity contribution is 0.145. The first-order chi connectivity index (χ1) is 12.8. The van der Waals surface area contributed by atoms with Gasteiger partial charge in [-0.3, -0.25) is 4.90 Å². The number of rotatable bonds is 10. The van der Waals surface area contributed by atoms with Gasteiger partial charge in [0.2, 0.25) is 0 Å². The summed E-state index contributed by atoms with van der Waals surface area (Å²) in [5, 5.41) is 6.73. The van der Waals surface area contributed by atoms with Gasteiger partial charge in [-0.1, -0.05) is 30.7 Å². The molecular formula is C21H36N4O. The maximum Gasteiger partial charge on any atom is 0.191 e. The van der Waals surface area contributed by atoms with Crippen LogP contribution in [0.3, 0.4) is 0 Å². The fourth-order valence-corrected chi connectivity index (χ4v) is 3.26. The summed E-state index contributed by atoms with van der Waals surface area (Å²) in [7, 11) is 0. The van der Waals surface area contributed by atoms with Crippen LogP contribution in [0, 0.1) is 0 Å². The minimum absolute atomic E-state index is 0.713. The van der Waals surface area contributed by atoms with E-state index in [-0.39, 0.29) is 0 Å². The van der Waals surface area contributed by atoms with Gasteiger partial charge in [0.25, 0.3) is 0 Å². The van der Waals surface area contributed by atoms with Crippen LogP contribution in [-0.2, 0) is 17.8 Å². The molecule has 0 spiro atoms. The van der Waals surface area contributed by atoms with Crippen molar-refractivity contribution in [2.24, 2.45) is 4.99 Å². The van der Waals surface area contributed by atoms with Crippen LogP contribution in [0.25, 0.3) is 0 Å². The Bertz CT molecular complexity index is 526. The molecular weight excluding hydrogens is 324 g/mol. The lowest BCUT2D eigenvalue weighted by atomic mass is 10.1. The van der Waals surface area contributed by atoms with E-state index in [0.717, 1.165) is 45.2 Å². The van der Waals surface area contributed by atoms with Gasteiger partial charge >= 0.3 is 0 Å². The smallest absolute Gasteiger partial charge is 0.191 e. The summed E-state index contributed by atoms with van der Waals surface area (Å²) in [6.07, 6.45) is 5.03. The normalized spacial score (nSPS) is 15.8. The first-order valence-corrected chi connectivity index (χ1v) is 10.2. The molecule has 0 bridgehead atoms. The SMILES string of the molecule is CCNC(=NCc1ccccc1CN1CCCCC1)NCCCOCC. The largest absolute Gasteiger partial charge is 0.382 e. The van der Waals surface area contributed by atoms with E-state index in [2.05, 4.69) is 46.7 Å². The Morgan fingerprint density at radius 1 is 1.08 bits per heavy atom. The van der Waals surface area contributed by atoms with Gasteiger partial charge in [0.05, 0.1) is 6.54 Å². The van der Waals surface area contributed by atoms with E-state index in [1.165, 1.54) is 43.5 Å². The minimum Gasteiger partial charge on any atom is -0.382 e. The van der Waals surface area contributed by atoms with Gasteiger partial charge in [0, 0.05) is 32.8 Å². The van der Waals surface area contributed by atoms with Gasteiger partial charge < -0.3 is 15.4 Å². The summed E-state index contributed by atoms with van der Waals surface area (Å²) in [6.45, 7) is 11.7. The molecule has 0 radical (unpaired) electrons. The van der Waals surface area contributed by atoms with Crippen molar-refractivity contribution in [2.75, 3.05) is 39.4 Å². The highest BCUT2D eigenvalue weighted by Gasteiger charge is 2.12. The third-order valence-electron chi connectivity index (χ3n) is 4.67. The molecule has 1 heterocycles. The van der Waals surface area contributed by atoms with Crippen molar-refractivity contribution in [2.45, 2.75) is 52.6 Å². The maximum atomic E-state index is 5.39. The number of piperidine rings is 1. The van der Waals surface area contributed by atoms with E-state index in [9.17, 15) is 0 Å². The van der Waals surface area contributed by atoms with E-state index in [1.807, 2.05) is 6.92 Å². The summed E-state index contributed by atoms with van der Waals surface area (Å²) < 4.78 is 5.39. The molecule has 0 aliphatic carbocycles. The first kappa shape index (κ1) is 20.7. The van der Waals surface area contributed by atoms with E-state index in [4.69, 9.17) is 9.73 Å². The number of guanidine groups is 1. The van der Waals surface area contributed by atoms with Crippen LogP contribution in [0.15, 0.2) is 29.3 Å². The first-order valence-electron chi connectivity index (χ1n) is 10.2. The maximum absolute atomic E-state index is 5.39. The second-order valence-corrected chi connectivity index (χ2v) is 6.78. The van der Waals surface area contributed by atoms with E-state index >= 15 is 0 Å². The lowest BCUT2D eigenvalue weighted by Gasteiger charge is -2.27. The topological polar surface area (TPSA) is 48.9 Å². The highest BCUT2D eigenvalue weighted by molar-refractivity contribution is 5.79. The second kappa shape index (κ2) is 12.7. The Morgan fingerprint density at radius 2 is 1.85 bits per heavy atom. The predicted molar refractivity (Wildman–Crippen MR) is 109 cm³/mol. The van der Waals surface area contributed by atoms with Crippen molar-refractivity contribution >= 4 is 5.96 Å². The molecule has 1 aromatic carbocycles. The van der Waals surface area contributed by atoms with Crippen LogP contribution in [0.4, 0.5) is 0 Å². The quantitative estimate of drug-likeness (QED) is 0.382. The molecule has 0 atom stereocenters. The van der Waals surface area contributed by atoms with Gasteiger partial charge in [0.15, 0.2) is 5.96 Å². The molecule has 1 fully saturated rings. The summed E-state index contributed by atoms with van der Waals surface area (Å²) in [4.78, 5) is 7.36. The second-order valence-electron chi connectivity index (χ2n) is 6.78. The molecule has 1 aromatic rings. The fourth-order valence-electron chi connectivity index (χ4n) is 3.26. The molecule has 26 heavy (non-hydrogen) atoms. The standard InChI is InChI=1S/C21H36N4O/c1-3-22-21(23-13-10-16-26-4-2)24-17-19-11-6-7-12-20(19)18-25-14-8-5-9-15-25/h6-7,11-12H,3-5,8-10,13-18H2,1-2H3,(H2,22,23,24). The zero-order valence-electron chi connectivity index (χ0n) is 16.6. The zero-order chi connectivity index (χ0) is 18.5.